The number of hydrogen-bond acceptors (Lipinski definition) is 5. The molecule has 146 valence electrons. The summed E-state index contributed by atoms with van der Waals surface area (Å²) in [6.07, 6.45) is 2.92. The van der Waals surface area contributed by atoms with Crippen LogP contribution < -0.4 is 25.6 Å². The molecule has 0 unspecified atom stereocenters. The van der Waals surface area contributed by atoms with E-state index in [1.165, 1.54) is 26.4 Å². The van der Waals surface area contributed by atoms with Gasteiger partial charge in [-0.1, -0.05) is 23.7 Å². The van der Waals surface area contributed by atoms with Gasteiger partial charge in [-0.3, -0.25) is 25.8 Å². The Kier molecular flexibility index (Phi) is 7.79. The first-order valence-electron chi connectivity index (χ1n) is 8.00. The molecule has 0 heterocycles. The zero-order valence-electron chi connectivity index (χ0n) is 15.1. The molecule has 0 aliphatic carbocycles. The quantitative estimate of drug-likeness (QED) is 0.392. The number of thiocarbonyl (C=S) groups is 1. The van der Waals surface area contributed by atoms with Crippen molar-refractivity contribution in [3.8, 4) is 11.5 Å². The van der Waals surface area contributed by atoms with Crippen LogP contribution in [-0.2, 0) is 4.79 Å². The SMILES string of the molecule is COc1ccc(C(=O)NNC(=S)NC(=O)/C=C/c2ccc(Cl)cc2)cc1OC. The third-order valence-electron chi connectivity index (χ3n) is 3.47. The summed E-state index contributed by atoms with van der Waals surface area (Å²) in [7, 11) is 2.97. The maximum absolute atomic E-state index is 12.2. The van der Waals surface area contributed by atoms with Crippen molar-refractivity contribution in [2.45, 2.75) is 0 Å². The van der Waals surface area contributed by atoms with Crippen molar-refractivity contribution in [3.05, 3.63) is 64.7 Å². The van der Waals surface area contributed by atoms with E-state index in [1.54, 1.807) is 42.5 Å². The smallest absolute Gasteiger partial charge is 0.269 e. The Morgan fingerprint density at radius 1 is 1.00 bits per heavy atom. The largest absolute Gasteiger partial charge is 0.493 e. The van der Waals surface area contributed by atoms with Crippen LogP contribution in [0.25, 0.3) is 6.08 Å². The highest BCUT2D eigenvalue weighted by atomic mass is 35.5. The fraction of sp³-hybridized carbons (Fsp3) is 0.105. The minimum atomic E-state index is -0.464. The molecule has 0 atom stereocenters. The van der Waals surface area contributed by atoms with E-state index in [2.05, 4.69) is 16.2 Å². The molecule has 7 nitrogen and oxygen atoms in total. The van der Waals surface area contributed by atoms with Crippen molar-refractivity contribution >= 4 is 46.8 Å². The maximum Gasteiger partial charge on any atom is 0.269 e. The molecule has 0 saturated heterocycles. The van der Waals surface area contributed by atoms with Gasteiger partial charge in [0, 0.05) is 16.7 Å². The summed E-state index contributed by atoms with van der Waals surface area (Å²) in [6.45, 7) is 0. The van der Waals surface area contributed by atoms with Gasteiger partial charge in [0.1, 0.15) is 0 Å². The van der Waals surface area contributed by atoms with E-state index >= 15 is 0 Å². The summed E-state index contributed by atoms with van der Waals surface area (Å²) >= 11 is 10.8. The maximum atomic E-state index is 12.2. The topological polar surface area (TPSA) is 88.7 Å². The number of carbonyl (C=O) groups is 2. The summed E-state index contributed by atoms with van der Waals surface area (Å²) in [6, 6.07) is 11.7. The molecule has 9 heteroatoms. The van der Waals surface area contributed by atoms with Gasteiger partial charge in [-0.2, -0.15) is 0 Å². The van der Waals surface area contributed by atoms with Gasteiger partial charge in [-0.25, -0.2) is 0 Å². The lowest BCUT2D eigenvalue weighted by molar-refractivity contribution is -0.115. The molecule has 0 radical (unpaired) electrons. The minimum absolute atomic E-state index is 0.0559. The Bertz CT molecular complexity index is 901. The van der Waals surface area contributed by atoms with Crippen LogP contribution in [0.1, 0.15) is 15.9 Å². The Morgan fingerprint density at radius 3 is 2.32 bits per heavy atom. The van der Waals surface area contributed by atoms with Crippen molar-refractivity contribution in [1.29, 1.82) is 0 Å². The Hall–Kier alpha value is -3.10. The van der Waals surface area contributed by atoms with Crippen LogP contribution in [0.5, 0.6) is 11.5 Å². The van der Waals surface area contributed by atoms with Crippen LogP contribution in [0, 0.1) is 0 Å². The number of ether oxygens (including phenoxy) is 2. The number of methoxy groups -OCH3 is 2. The molecule has 2 aromatic carbocycles. The molecule has 0 spiro atoms. The molecule has 0 aliphatic rings. The second-order valence-electron chi connectivity index (χ2n) is 5.35. The summed E-state index contributed by atoms with van der Waals surface area (Å²) < 4.78 is 10.3. The predicted molar refractivity (Wildman–Crippen MR) is 111 cm³/mol. The second-order valence-corrected chi connectivity index (χ2v) is 6.20. The highest BCUT2D eigenvalue weighted by Crippen LogP contribution is 2.27. The van der Waals surface area contributed by atoms with Crippen molar-refractivity contribution < 1.29 is 19.1 Å². The molecule has 0 bridgehead atoms. The molecule has 2 aromatic rings. The number of halogens is 1. The third kappa shape index (κ3) is 6.26. The van der Waals surface area contributed by atoms with E-state index in [1.807, 2.05) is 0 Å². The molecular formula is C19H18ClN3O4S. The molecule has 0 aromatic heterocycles. The Morgan fingerprint density at radius 2 is 1.68 bits per heavy atom. The van der Waals surface area contributed by atoms with Crippen LogP contribution in [-0.4, -0.2) is 31.1 Å². The first kappa shape index (κ1) is 21.2. The Balaban J connectivity index is 1.85. The number of rotatable bonds is 5. The lowest BCUT2D eigenvalue weighted by Gasteiger charge is -2.11. The zero-order valence-corrected chi connectivity index (χ0v) is 16.7. The highest BCUT2D eigenvalue weighted by molar-refractivity contribution is 7.80. The van der Waals surface area contributed by atoms with Crippen LogP contribution in [0.4, 0.5) is 0 Å². The van der Waals surface area contributed by atoms with Crippen LogP contribution in [0.15, 0.2) is 48.5 Å². The van der Waals surface area contributed by atoms with Gasteiger partial charge in [0.15, 0.2) is 16.6 Å². The molecule has 0 saturated carbocycles. The van der Waals surface area contributed by atoms with Gasteiger partial charge in [0.2, 0.25) is 5.91 Å². The van der Waals surface area contributed by atoms with E-state index < -0.39 is 11.8 Å². The van der Waals surface area contributed by atoms with Crippen LogP contribution in [0.2, 0.25) is 5.02 Å². The number of nitrogens with one attached hydrogen (secondary N) is 3. The van der Waals surface area contributed by atoms with Gasteiger partial charge in [-0.05, 0) is 54.2 Å². The van der Waals surface area contributed by atoms with Gasteiger partial charge in [0.05, 0.1) is 14.2 Å². The molecule has 0 fully saturated rings. The van der Waals surface area contributed by atoms with E-state index in [0.29, 0.717) is 22.1 Å². The molecular weight excluding hydrogens is 402 g/mol. The summed E-state index contributed by atoms with van der Waals surface area (Å²) in [5.41, 5.74) is 5.98. The number of amides is 2. The standard InChI is InChI=1S/C19H18ClN3O4S/c1-26-15-9-6-13(11-16(15)27-2)18(25)22-23-19(28)21-17(24)10-5-12-3-7-14(20)8-4-12/h3-11H,1-2H3,(H,22,25)(H2,21,23,24,28)/b10-5+. The molecule has 0 aliphatic heterocycles. The van der Waals surface area contributed by atoms with Crippen molar-refractivity contribution in [3.63, 3.8) is 0 Å². The average Bonchev–Trinajstić information content (AvgIpc) is 2.71. The second kappa shape index (κ2) is 10.3. The molecule has 2 amide bonds. The fourth-order valence-electron chi connectivity index (χ4n) is 2.09. The lowest BCUT2D eigenvalue weighted by atomic mass is 10.2. The summed E-state index contributed by atoms with van der Waals surface area (Å²) in [5.74, 6) is 0.00251. The van der Waals surface area contributed by atoms with Crippen molar-refractivity contribution in [2.24, 2.45) is 0 Å². The average molecular weight is 420 g/mol. The van der Waals surface area contributed by atoms with E-state index in [0.717, 1.165) is 5.56 Å². The molecule has 2 rings (SSSR count). The van der Waals surface area contributed by atoms with E-state index in [-0.39, 0.29) is 5.11 Å². The number of hydrogen-bond donors (Lipinski definition) is 3. The zero-order chi connectivity index (χ0) is 20.5. The molecule has 3 N–H and O–H groups in total. The lowest BCUT2D eigenvalue weighted by Crippen LogP contribution is -2.48. The van der Waals surface area contributed by atoms with Crippen molar-refractivity contribution in [2.75, 3.05) is 14.2 Å². The minimum Gasteiger partial charge on any atom is -0.493 e. The van der Waals surface area contributed by atoms with E-state index in [9.17, 15) is 9.59 Å². The normalized spacial score (nSPS) is 10.2. The number of carbonyl (C=O) groups excluding carboxylic acids is 2. The molecule has 28 heavy (non-hydrogen) atoms. The van der Waals surface area contributed by atoms with Gasteiger partial charge in [0.25, 0.3) is 5.91 Å². The van der Waals surface area contributed by atoms with Gasteiger partial charge < -0.3 is 9.47 Å². The van der Waals surface area contributed by atoms with Crippen LogP contribution in [0.3, 0.4) is 0 Å². The number of hydrazine groups is 1. The van der Waals surface area contributed by atoms with Crippen molar-refractivity contribution in [1.82, 2.24) is 16.2 Å². The first-order chi connectivity index (χ1) is 13.4. The third-order valence-corrected chi connectivity index (χ3v) is 3.93. The Labute approximate surface area is 172 Å². The summed E-state index contributed by atoms with van der Waals surface area (Å²) in [4.78, 5) is 24.0. The van der Waals surface area contributed by atoms with Gasteiger partial charge in [-0.15, -0.1) is 0 Å². The first-order valence-corrected chi connectivity index (χ1v) is 8.78. The fourth-order valence-corrected chi connectivity index (χ4v) is 2.37. The van der Waals surface area contributed by atoms with E-state index in [4.69, 9.17) is 33.3 Å². The summed E-state index contributed by atoms with van der Waals surface area (Å²) in [5, 5.41) is 2.97. The number of benzene rings is 2. The highest BCUT2D eigenvalue weighted by Gasteiger charge is 2.11. The van der Waals surface area contributed by atoms with Crippen LogP contribution >= 0.6 is 23.8 Å². The monoisotopic (exact) mass is 419 g/mol. The van der Waals surface area contributed by atoms with Gasteiger partial charge >= 0.3 is 0 Å². The predicted octanol–water partition coefficient (Wildman–Crippen LogP) is 2.71.